The molecule has 0 amide bonds. The van der Waals surface area contributed by atoms with Crippen molar-refractivity contribution in [1.82, 2.24) is 9.97 Å². The molecule has 0 saturated heterocycles. The molecule has 2 aromatic carbocycles. The monoisotopic (exact) mass is 378 g/mol. The van der Waals surface area contributed by atoms with Gasteiger partial charge in [0, 0.05) is 23.5 Å². The SMILES string of the molecule is COc1ccc(OC)c(Nc2nc(C)cc(Nc3ccccc3C(C)C)n2)c1. The van der Waals surface area contributed by atoms with Gasteiger partial charge in [-0.05, 0) is 36.6 Å². The summed E-state index contributed by atoms with van der Waals surface area (Å²) in [6, 6.07) is 15.7. The number of methoxy groups -OCH3 is 2. The van der Waals surface area contributed by atoms with Crippen LogP contribution in [0, 0.1) is 6.92 Å². The Balaban J connectivity index is 1.91. The van der Waals surface area contributed by atoms with Gasteiger partial charge in [-0.25, -0.2) is 4.98 Å². The fraction of sp³-hybridized carbons (Fsp3) is 0.273. The first-order valence-electron chi connectivity index (χ1n) is 9.21. The van der Waals surface area contributed by atoms with E-state index in [1.165, 1.54) is 5.56 Å². The number of nitrogens with zero attached hydrogens (tertiary/aromatic N) is 2. The lowest BCUT2D eigenvalue weighted by Crippen LogP contribution is -2.05. The maximum atomic E-state index is 5.43. The summed E-state index contributed by atoms with van der Waals surface area (Å²) in [6.45, 7) is 6.29. The highest BCUT2D eigenvalue weighted by Crippen LogP contribution is 2.31. The van der Waals surface area contributed by atoms with E-state index in [0.29, 0.717) is 17.6 Å². The van der Waals surface area contributed by atoms with E-state index in [9.17, 15) is 0 Å². The molecule has 0 aliphatic heterocycles. The summed E-state index contributed by atoms with van der Waals surface area (Å²) in [7, 11) is 3.25. The maximum Gasteiger partial charge on any atom is 0.229 e. The number of para-hydroxylation sites is 1. The predicted octanol–water partition coefficient (Wildman–Crippen LogP) is 5.41. The number of anilines is 4. The zero-order chi connectivity index (χ0) is 20.1. The quantitative estimate of drug-likeness (QED) is 0.573. The number of ether oxygens (including phenoxy) is 2. The predicted molar refractivity (Wildman–Crippen MR) is 113 cm³/mol. The highest BCUT2D eigenvalue weighted by molar-refractivity contribution is 5.67. The third kappa shape index (κ3) is 4.52. The van der Waals surface area contributed by atoms with Crippen molar-refractivity contribution in [2.75, 3.05) is 24.9 Å². The van der Waals surface area contributed by atoms with E-state index in [-0.39, 0.29) is 0 Å². The van der Waals surface area contributed by atoms with Crippen molar-refractivity contribution in [3.05, 3.63) is 59.8 Å². The molecule has 2 N–H and O–H groups in total. The molecule has 0 aliphatic rings. The van der Waals surface area contributed by atoms with E-state index in [4.69, 9.17) is 9.47 Å². The van der Waals surface area contributed by atoms with E-state index in [1.54, 1.807) is 14.2 Å². The first-order valence-corrected chi connectivity index (χ1v) is 9.21. The summed E-state index contributed by atoms with van der Waals surface area (Å²) in [5.41, 5.74) is 3.87. The molecular weight excluding hydrogens is 352 g/mol. The lowest BCUT2D eigenvalue weighted by Gasteiger charge is -2.16. The highest BCUT2D eigenvalue weighted by atomic mass is 16.5. The number of nitrogens with one attached hydrogen (secondary N) is 2. The van der Waals surface area contributed by atoms with Crippen molar-refractivity contribution in [2.24, 2.45) is 0 Å². The summed E-state index contributed by atoms with van der Waals surface area (Å²) in [5, 5.41) is 6.66. The van der Waals surface area contributed by atoms with Gasteiger partial charge in [-0.1, -0.05) is 32.0 Å². The molecular formula is C22H26N4O2. The molecule has 1 heterocycles. The van der Waals surface area contributed by atoms with Crippen molar-refractivity contribution in [3.8, 4) is 11.5 Å². The van der Waals surface area contributed by atoms with Gasteiger partial charge in [0.1, 0.15) is 17.3 Å². The first kappa shape index (κ1) is 19.5. The number of hydrogen-bond acceptors (Lipinski definition) is 6. The molecule has 3 aromatic rings. The molecule has 0 aliphatic carbocycles. The van der Waals surface area contributed by atoms with Crippen LogP contribution in [-0.4, -0.2) is 24.2 Å². The van der Waals surface area contributed by atoms with E-state index in [0.717, 1.165) is 28.6 Å². The molecule has 0 bridgehead atoms. The normalized spacial score (nSPS) is 10.6. The minimum atomic E-state index is 0.408. The second-order valence-electron chi connectivity index (χ2n) is 6.78. The average Bonchev–Trinajstić information content (AvgIpc) is 2.67. The van der Waals surface area contributed by atoms with E-state index >= 15 is 0 Å². The molecule has 0 unspecified atom stereocenters. The summed E-state index contributed by atoms with van der Waals surface area (Å²) < 4.78 is 10.7. The molecule has 0 radical (unpaired) electrons. The number of aromatic nitrogens is 2. The third-order valence-corrected chi connectivity index (χ3v) is 4.35. The Kier molecular flexibility index (Phi) is 5.99. The van der Waals surface area contributed by atoms with Gasteiger partial charge in [0.25, 0.3) is 0 Å². The summed E-state index contributed by atoms with van der Waals surface area (Å²) in [5.74, 6) is 3.03. The van der Waals surface area contributed by atoms with Crippen LogP contribution in [0.5, 0.6) is 11.5 Å². The van der Waals surface area contributed by atoms with Crippen LogP contribution in [0.4, 0.5) is 23.1 Å². The van der Waals surface area contributed by atoms with Crippen LogP contribution in [0.1, 0.15) is 31.0 Å². The van der Waals surface area contributed by atoms with Crippen molar-refractivity contribution in [3.63, 3.8) is 0 Å². The van der Waals surface area contributed by atoms with Crippen molar-refractivity contribution in [2.45, 2.75) is 26.7 Å². The van der Waals surface area contributed by atoms with Crippen LogP contribution in [0.2, 0.25) is 0 Å². The Morgan fingerprint density at radius 2 is 1.64 bits per heavy atom. The topological polar surface area (TPSA) is 68.3 Å². The molecule has 28 heavy (non-hydrogen) atoms. The Bertz CT molecular complexity index is 957. The molecule has 0 atom stereocenters. The molecule has 0 saturated carbocycles. The zero-order valence-corrected chi connectivity index (χ0v) is 16.9. The molecule has 6 nitrogen and oxygen atoms in total. The molecule has 3 rings (SSSR count). The molecule has 6 heteroatoms. The second kappa shape index (κ2) is 8.61. The van der Waals surface area contributed by atoms with Crippen molar-refractivity contribution < 1.29 is 9.47 Å². The van der Waals surface area contributed by atoms with Crippen LogP contribution in [0.3, 0.4) is 0 Å². The fourth-order valence-corrected chi connectivity index (χ4v) is 2.97. The molecule has 1 aromatic heterocycles. The fourth-order valence-electron chi connectivity index (χ4n) is 2.97. The molecule has 0 fully saturated rings. The van der Waals surface area contributed by atoms with Crippen LogP contribution in [0.25, 0.3) is 0 Å². The minimum Gasteiger partial charge on any atom is -0.497 e. The number of aryl methyl sites for hydroxylation is 1. The van der Waals surface area contributed by atoms with Gasteiger partial charge in [-0.15, -0.1) is 0 Å². The Morgan fingerprint density at radius 3 is 2.36 bits per heavy atom. The molecule has 146 valence electrons. The van der Waals surface area contributed by atoms with Gasteiger partial charge in [0.15, 0.2) is 0 Å². The van der Waals surface area contributed by atoms with E-state index < -0.39 is 0 Å². The number of benzene rings is 2. The average molecular weight is 378 g/mol. The van der Waals surface area contributed by atoms with Gasteiger partial charge in [0.2, 0.25) is 5.95 Å². The van der Waals surface area contributed by atoms with Gasteiger partial charge in [-0.2, -0.15) is 4.98 Å². The standard InChI is InChI=1S/C22H26N4O2/c1-14(2)17-8-6-7-9-18(17)24-21-12-15(3)23-22(26-21)25-19-13-16(27-4)10-11-20(19)28-5/h6-14H,1-5H3,(H2,23,24,25,26). The Hall–Kier alpha value is -3.28. The zero-order valence-electron chi connectivity index (χ0n) is 16.9. The highest BCUT2D eigenvalue weighted by Gasteiger charge is 2.11. The van der Waals surface area contributed by atoms with E-state index in [2.05, 4.69) is 46.6 Å². The largest absolute Gasteiger partial charge is 0.497 e. The van der Waals surface area contributed by atoms with Gasteiger partial charge in [-0.3, -0.25) is 0 Å². The van der Waals surface area contributed by atoms with Crippen LogP contribution >= 0.6 is 0 Å². The summed E-state index contributed by atoms with van der Waals surface area (Å²) in [4.78, 5) is 9.13. The Labute approximate surface area is 166 Å². The van der Waals surface area contributed by atoms with Crippen LogP contribution in [0.15, 0.2) is 48.5 Å². The summed E-state index contributed by atoms with van der Waals surface area (Å²) in [6.07, 6.45) is 0. The maximum absolute atomic E-state index is 5.43. The molecule has 0 spiro atoms. The summed E-state index contributed by atoms with van der Waals surface area (Å²) >= 11 is 0. The van der Waals surface area contributed by atoms with Crippen LogP contribution in [-0.2, 0) is 0 Å². The lowest BCUT2D eigenvalue weighted by atomic mass is 10.0. The van der Waals surface area contributed by atoms with Gasteiger partial charge < -0.3 is 20.1 Å². The third-order valence-electron chi connectivity index (χ3n) is 4.35. The Morgan fingerprint density at radius 1 is 0.857 bits per heavy atom. The first-order chi connectivity index (χ1) is 13.5. The number of rotatable bonds is 7. The lowest BCUT2D eigenvalue weighted by molar-refractivity contribution is 0.405. The van der Waals surface area contributed by atoms with Gasteiger partial charge >= 0.3 is 0 Å². The second-order valence-corrected chi connectivity index (χ2v) is 6.78. The van der Waals surface area contributed by atoms with Gasteiger partial charge in [0.05, 0.1) is 19.9 Å². The smallest absolute Gasteiger partial charge is 0.229 e. The van der Waals surface area contributed by atoms with Crippen molar-refractivity contribution in [1.29, 1.82) is 0 Å². The number of hydrogen-bond donors (Lipinski definition) is 2. The van der Waals surface area contributed by atoms with E-state index in [1.807, 2.05) is 43.3 Å². The van der Waals surface area contributed by atoms with Crippen LogP contribution < -0.4 is 20.1 Å². The van der Waals surface area contributed by atoms with Crippen molar-refractivity contribution >= 4 is 23.1 Å². The minimum absolute atomic E-state index is 0.408.